The largest absolute Gasteiger partial charge is 0.379 e. The van der Waals surface area contributed by atoms with Crippen LogP contribution in [0.15, 0.2) is 48.8 Å². The van der Waals surface area contributed by atoms with E-state index in [0.29, 0.717) is 18.4 Å². The van der Waals surface area contributed by atoms with Crippen molar-refractivity contribution in [3.05, 3.63) is 48.8 Å². The highest BCUT2D eigenvalue weighted by molar-refractivity contribution is 5.92. The Morgan fingerprint density at radius 2 is 2.00 bits per heavy atom. The Morgan fingerprint density at radius 1 is 1.11 bits per heavy atom. The molecule has 0 unspecified atom stereocenters. The number of rotatable bonds is 7. The van der Waals surface area contributed by atoms with Gasteiger partial charge in [0.15, 0.2) is 11.5 Å². The predicted molar refractivity (Wildman–Crippen MR) is 106 cm³/mol. The summed E-state index contributed by atoms with van der Waals surface area (Å²) in [5.41, 5.74) is 2.54. The standard InChI is InChI=1S/C20H22N6O/c1-14(2)27-12-6-11-22-20-23-17-9-4-3-8-16(17)19-24-18(25-26(19)20)15-7-5-10-21-13-15/h3-5,7-10,13-14H,6,11-12H2,1-2H3,(H,22,23). The number of para-hydroxylation sites is 1. The van der Waals surface area contributed by atoms with Gasteiger partial charge in [0.2, 0.25) is 5.95 Å². The summed E-state index contributed by atoms with van der Waals surface area (Å²) in [6.07, 6.45) is 4.63. The molecule has 0 aliphatic heterocycles. The number of anilines is 1. The second kappa shape index (κ2) is 7.67. The number of hydrogen-bond donors (Lipinski definition) is 1. The van der Waals surface area contributed by atoms with Gasteiger partial charge in [-0.3, -0.25) is 4.98 Å². The summed E-state index contributed by atoms with van der Waals surface area (Å²) >= 11 is 0. The molecule has 0 bridgehead atoms. The van der Waals surface area contributed by atoms with Crippen molar-refractivity contribution < 1.29 is 4.74 Å². The highest BCUT2D eigenvalue weighted by Gasteiger charge is 2.14. The number of nitrogens with zero attached hydrogens (tertiary/aromatic N) is 5. The summed E-state index contributed by atoms with van der Waals surface area (Å²) in [7, 11) is 0. The summed E-state index contributed by atoms with van der Waals surface area (Å²) in [4.78, 5) is 13.6. The molecule has 0 aliphatic rings. The third-order valence-electron chi connectivity index (χ3n) is 4.15. The van der Waals surface area contributed by atoms with Gasteiger partial charge >= 0.3 is 0 Å². The average Bonchev–Trinajstić information content (AvgIpc) is 3.14. The van der Waals surface area contributed by atoms with Crippen LogP contribution < -0.4 is 5.32 Å². The van der Waals surface area contributed by atoms with Crippen LogP contribution in [0.1, 0.15) is 20.3 Å². The second-order valence-electron chi connectivity index (χ2n) is 6.56. The molecule has 4 aromatic rings. The van der Waals surface area contributed by atoms with Crippen molar-refractivity contribution >= 4 is 22.5 Å². The number of pyridine rings is 1. The molecule has 0 atom stereocenters. The van der Waals surface area contributed by atoms with Crippen molar-refractivity contribution in [1.29, 1.82) is 0 Å². The number of nitrogens with one attached hydrogen (secondary N) is 1. The molecule has 4 rings (SSSR count). The van der Waals surface area contributed by atoms with Crippen molar-refractivity contribution in [3.8, 4) is 11.4 Å². The lowest BCUT2D eigenvalue weighted by Crippen LogP contribution is -2.12. The molecule has 1 N–H and O–H groups in total. The Morgan fingerprint density at radius 3 is 2.81 bits per heavy atom. The zero-order valence-electron chi connectivity index (χ0n) is 15.5. The predicted octanol–water partition coefficient (Wildman–Crippen LogP) is 3.57. The summed E-state index contributed by atoms with van der Waals surface area (Å²) in [6, 6.07) is 11.8. The van der Waals surface area contributed by atoms with Gasteiger partial charge < -0.3 is 10.1 Å². The maximum atomic E-state index is 5.60. The molecule has 0 fully saturated rings. The lowest BCUT2D eigenvalue weighted by atomic mass is 10.2. The molecule has 0 saturated heterocycles. The summed E-state index contributed by atoms with van der Waals surface area (Å²) in [5.74, 6) is 1.31. The minimum Gasteiger partial charge on any atom is -0.379 e. The third kappa shape index (κ3) is 3.73. The van der Waals surface area contributed by atoms with Crippen LogP contribution in [0.25, 0.3) is 27.9 Å². The molecule has 0 amide bonds. The first kappa shape index (κ1) is 17.4. The quantitative estimate of drug-likeness (QED) is 0.507. The molecule has 7 nitrogen and oxygen atoms in total. The average molecular weight is 362 g/mol. The van der Waals surface area contributed by atoms with Crippen molar-refractivity contribution in [1.82, 2.24) is 24.6 Å². The van der Waals surface area contributed by atoms with Crippen molar-refractivity contribution in [2.75, 3.05) is 18.5 Å². The van der Waals surface area contributed by atoms with E-state index in [-0.39, 0.29) is 6.10 Å². The van der Waals surface area contributed by atoms with Crippen molar-refractivity contribution in [2.45, 2.75) is 26.4 Å². The van der Waals surface area contributed by atoms with E-state index in [9.17, 15) is 0 Å². The van der Waals surface area contributed by atoms with Gasteiger partial charge in [-0.1, -0.05) is 12.1 Å². The minimum atomic E-state index is 0.243. The fraction of sp³-hybridized carbons (Fsp3) is 0.300. The maximum Gasteiger partial charge on any atom is 0.226 e. The Bertz CT molecular complexity index is 1040. The van der Waals surface area contributed by atoms with Gasteiger partial charge in [0.05, 0.1) is 11.6 Å². The highest BCUT2D eigenvalue weighted by Crippen LogP contribution is 2.23. The van der Waals surface area contributed by atoms with Gasteiger partial charge in [0.25, 0.3) is 0 Å². The second-order valence-corrected chi connectivity index (χ2v) is 6.56. The fourth-order valence-corrected chi connectivity index (χ4v) is 2.88. The molecule has 0 radical (unpaired) electrons. The zero-order chi connectivity index (χ0) is 18.6. The molecule has 0 spiro atoms. The number of fused-ring (bicyclic) bond motifs is 3. The number of ether oxygens (including phenoxy) is 1. The van der Waals surface area contributed by atoms with Crippen LogP contribution >= 0.6 is 0 Å². The van der Waals surface area contributed by atoms with Crippen LogP contribution in [0.2, 0.25) is 0 Å². The van der Waals surface area contributed by atoms with E-state index in [1.807, 2.05) is 50.2 Å². The Hall–Kier alpha value is -3.06. The van der Waals surface area contributed by atoms with Gasteiger partial charge in [-0.15, -0.1) is 5.10 Å². The maximum absolute atomic E-state index is 5.60. The van der Waals surface area contributed by atoms with Crippen molar-refractivity contribution in [3.63, 3.8) is 0 Å². The van der Waals surface area contributed by atoms with E-state index in [1.165, 1.54) is 0 Å². The molecule has 0 aliphatic carbocycles. The molecule has 3 heterocycles. The topological polar surface area (TPSA) is 77.2 Å². The molecular formula is C20H22N6O. The van der Waals surface area contributed by atoms with Crippen molar-refractivity contribution in [2.24, 2.45) is 0 Å². The molecule has 1 aromatic carbocycles. The summed E-state index contributed by atoms with van der Waals surface area (Å²) in [6.45, 7) is 5.53. The molecule has 0 saturated carbocycles. The highest BCUT2D eigenvalue weighted by atomic mass is 16.5. The lowest BCUT2D eigenvalue weighted by molar-refractivity contribution is 0.0787. The first-order chi connectivity index (χ1) is 13.2. The van der Waals surface area contributed by atoms with Gasteiger partial charge in [-0.05, 0) is 44.5 Å². The van der Waals surface area contributed by atoms with Crippen LogP contribution in [-0.2, 0) is 4.74 Å². The lowest BCUT2D eigenvalue weighted by Gasteiger charge is -2.10. The molecule has 27 heavy (non-hydrogen) atoms. The first-order valence-corrected chi connectivity index (χ1v) is 9.14. The van der Waals surface area contributed by atoms with Crippen LogP contribution in [-0.4, -0.2) is 43.8 Å². The van der Waals surface area contributed by atoms with Gasteiger partial charge in [-0.25, -0.2) is 9.97 Å². The smallest absolute Gasteiger partial charge is 0.226 e. The third-order valence-corrected chi connectivity index (χ3v) is 4.15. The number of hydrogen-bond acceptors (Lipinski definition) is 6. The fourth-order valence-electron chi connectivity index (χ4n) is 2.88. The van der Waals surface area contributed by atoms with Crippen LogP contribution in [0, 0.1) is 0 Å². The van der Waals surface area contributed by atoms with Gasteiger partial charge in [0, 0.05) is 36.5 Å². The normalized spacial score (nSPS) is 11.5. The molecule has 138 valence electrons. The van der Waals surface area contributed by atoms with Gasteiger partial charge in [0.1, 0.15) is 0 Å². The van der Waals surface area contributed by atoms with Crippen LogP contribution in [0.3, 0.4) is 0 Å². The minimum absolute atomic E-state index is 0.243. The zero-order valence-corrected chi connectivity index (χ0v) is 15.5. The van der Waals surface area contributed by atoms with E-state index in [4.69, 9.17) is 14.7 Å². The molecular weight excluding hydrogens is 340 g/mol. The molecule has 7 heteroatoms. The monoisotopic (exact) mass is 362 g/mol. The number of aromatic nitrogens is 5. The SMILES string of the molecule is CC(C)OCCCNc1nc2ccccc2c2nc(-c3cccnc3)nn12. The van der Waals surface area contributed by atoms with E-state index in [0.717, 1.165) is 35.1 Å². The van der Waals surface area contributed by atoms with E-state index in [1.54, 1.807) is 16.9 Å². The molecule has 3 aromatic heterocycles. The first-order valence-electron chi connectivity index (χ1n) is 9.14. The number of benzene rings is 1. The summed E-state index contributed by atoms with van der Waals surface area (Å²) in [5, 5.41) is 9.01. The Labute approximate surface area is 157 Å². The van der Waals surface area contributed by atoms with Crippen LogP contribution in [0.4, 0.5) is 5.95 Å². The Kier molecular flexibility index (Phi) is 4.93. The summed E-state index contributed by atoms with van der Waals surface area (Å²) < 4.78 is 7.37. The Balaban J connectivity index is 1.69. The van der Waals surface area contributed by atoms with E-state index in [2.05, 4.69) is 15.4 Å². The van der Waals surface area contributed by atoms with E-state index < -0.39 is 0 Å². The van der Waals surface area contributed by atoms with Crippen LogP contribution in [0.5, 0.6) is 0 Å². The van der Waals surface area contributed by atoms with E-state index >= 15 is 0 Å². The van der Waals surface area contributed by atoms with Gasteiger partial charge in [-0.2, -0.15) is 4.52 Å².